The van der Waals surface area contributed by atoms with Crippen LogP contribution >= 0.6 is 0 Å². The minimum atomic E-state index is -3.84. The van der Waals surface area contributed by atoms with E-state index in [-0.39, 0.29) is 24.0 Å². The van der Waals surface area contributed by atoms with Gasteiger partial charge in [-0.2, -0.15) is 0 Å². The number of alkyl halides is 1. The van der Waals surface area contributed by atoms with Gasteiger partial charge >= 0.3 is 0 Å². The third kappa shape index (κ3) is 4.23. The summed E-state index contributed by atoms with van der Waals surface area (Å²) in [6.07, 6.45) is 0. The number of rotatable bonds is 6. The second-order valence-corrected chi connectivity index (χ2v) is 9.48. The monoisotopic (exact) mass is 413 g/mol. The zero-order chi connectivity index (χ0) is 20.5. The lowest BCUT2D eigenvalue weighted by Crippen LogP contribution is -2.62. The van der Waals surface area contributed by atoms with Crippen LogP contribution in [0.15, 0.2) is 89.8 Å². The van der Waals surface area contributed by atoms with E-state index in [1.54, 1.807) is 0 Å². The molecule has 1 saturated heterocycles. The Labute approximate surface area is 169 Å². The summed E-state index contributed by atoms with van der Waals surface area (Å²) in [6.45, 7) is 0.0315. The van der Waals surface area contributed by atoms with Crippen molar-refractivity contribution in [2.24, 2.45) is 0 Å². The van der Waals surface area contributed by atoms with Crippen LogP contribution in [0.1, 0.15) is 17.2 Å². The molecule has 3 nitrogen and oxygen atoms in total. The van der Waals surface area contributed by atoms with Gasteiger partial charge in [0.1, 0.15) is 5.82 Å². The molecule has 1 aliphatic rings. The Kier molecular flexibility index (Phi) is 5.23. The van der Waals surface area contributed by atoms with Crippen LogP contribution in [0.3, 0.4) is 0 Å². The summed E-state index contributed by atoms with van der Waals surface area (Å²) >= 11 is 0. The Balaban J connectivity index is 1.54. The standard InChI is InChI=1S/C23H21F2NO2S/c24-20-11-13-21(14-12-20)29(27,28)17-23(25)15-26(16-23)22(18-7-3-1-4-8-18)19-9-5-2-6-10-19/h1-14,22H,15-17H2. The quantitative estimate of drug-likeness (QED) is 0.562. The third-order valence-corrected chi connectivity index (χ3v) is 7.08. The average Bonchev–Trinajstić information content (AvgIpc) is 2.69. The van der Waals surface area contributed by atoms with Crippen molar-refractivity contribution in [3.63, 3.8) is 0 Å². The van der Waals surface area contributed by atoms with Crippen LogP contribution in [0, 0.1) is 5.82 Å². The summed E-state index contributed by atoms with van der Waals surface area (Å²) in [5.74, 6) is -1.14. The van der Waals surface area contributed by atoms with E-state index in [2.05, 4.69) is 0 Å². The first-order valence-corrected chi connectivity index (χ1v) is 11.0. The highest BCUT2D eigenvalue weighted by Crippen LogP contribution is 2.39. The Morgan fingerprint density at radius 2 is 1.31 bits per heavy atom. The molecule has 0 N–H and O–H groups in total. The Morgan fingerprint density at radius 3 is 1.79 bits per heavy atom. The molecule has 0 spiro atoms. The second-order valence-electron chi connectivity index (χ2n) is 7.49. The van der Waals surface area contributed by atoms with Gasteiger partial charge in [0, 0.05) is 13.1 Å². The third-order valence-electron chi connectivity index (χ3n) is 5.19. The molecular weight excluding hydrogens is 392 g/mol. The van der Waals surface area contributed by atoms with E-state index in [0.29, 0.717) is 0 Å². The molecular formula is C23H21F2NO2S. The summed E-state index contributed by atoms with van der Waals surface area (Å²) in [7, 11) is -3.84. The molecule has 6 heteroatoms. The number of nitrogens with zero attached hydrogens (tertiary/aromatic N) is 1. The van der Waals surface area contributed by atoms with E-state index in [1.165, 1.54) is 12.1 Å². The number of benzene rings is 3. The highest BCUT2D eigenvalue weighted by molar-refractivity contribution is 7.91. The van der Waals surface area contributed by atoms with Crippen LogP contribution in [-0.2, 0) is 9.84 Å². The molecule has 1 fully saturated rings. The van der Waals surface area contributed by atoms with Gasteiger partial charge in [-0.15, -0.1) is 0 Å². The summed E-state index contributed by atoms with van der Waals surface area (Å²) < 4.78 is 53.6. The van der Waals surface area contributed by atoms with Gasteiger partial charge in [0.05, 0.1) is 16.7 Å². The SMILES string of the molecule is O=S(=O)(CC1(F)CN(C(c2ccccc2)c2ccccc2)C1)c1ccc(F)cc1. The maximum atomic E-state index is 15.3. The Bertz CT molecular complexity index is 1030. The Morgan fingerprint density at radius 1 is 0.828 bits per heavy atom. The molecule has 0 amide bonds. The molecule has 0 atom stereocenters. The lowest BCUT2D eigenvalue weighted by Gasteiger charge is -2.48. The van der Waals surface area contributed by atoms with E-state index in [0.717, 1.165) is 23.3 Å². The first-order valence-electron chi connectivity index (χ1n) is 9.38. The number of hydrogen-bond donors (Lipinski definition) is 0. The van der Waals surface area contributed by atoms with Gasteiger partial charge in [0.2, 0.25) is 0 Å². The zero-order valence-electron chi connectivity index (χ0n) is 15.7. The van der Waals surface area contributed by atoms with Gasteiger partial charge in [-0.25, -0.2) is 17.2 Å². The average molecular weight is 413 g/mol. The maximum absolute atomic E-state index is 15.3. The number of likely N-dealkylation sites (tertiary alicyclic amines) is 1. The largest absolute Gasteiger partial charge is 0.286 e. The molecule has 1 aliphatic heterocycles. The van der Waals surface area contributed by atoms with E-state index in [1.807, 2.05) is 65.6 Å². The van der Waals surface area contributed by atoms with Crippen molar-refractivity contribution in [2.45, 2.75) is 16.6 Å². The molecule has 3 aromatic carbocycles. The van der Waals surface area contributed by atoms with Crippen LogP contribution < -0.4 is 0 Å². The molecule has 0 aliphatic carbocycles. The van der Waals surface area contributed by atoms with Crippen LogP contribution in [-0.4, -0.2) is 37.8 Å². The smallest absolute Gasteiger partial charge is 0.181 e. The zero-order valence-corrected chi connectivity index (χ0v) is 16.5. The fourth-order valence-electron chi connectivity index (χ4n) is 3.91. The van der Waals surface area contributed by atoms with Gasteiger partial charge in [0.25, 0.3) is 0 Å². The minimum absolute atomic E-state index is 0.0158. The second kappa shape index (κ2) is 7.69. The van der Waals surface area contributed by atoms with Gasteiger partial charge < -0.3 is 0 Å². The molecule has 4 rings (SSSR count). The first kappa shape index (κ1) is 19.7. The summed E-state index contributed by atoms with van der Waals surface area (Å²) in [5.41, 5.74) is 0.221. The molecule has 1 heterocycles. The van der Waals surface area contributed by atoms with Crippen molar-refractivity contribution in [3.8, 4) is 0 Å². The number of halogens is 2. The highest BCUT2D eigenvalue weighted by Gasteiger charge is 2.49. The minimum Gasteiger partial charge on any atom is -0.286 e. The Hall–Kier alpha value is -2.57. The van der Waals surface area contributed by atoms with Gasteiger partial charge in [-0.1, -0.05) is 60.7 Å². The van der Waals surface area contributed by atoms with E-state index >= 15 is 4.39 Å². The van der Waals surface area contributed by atoms with Crippen molar-refractivity contribution in [1.82, 2.24) is 4.90 Å². The lowest BCUT2D eigenvalue weighted by atomic mass is 9.89. The van der Waals surface area contributed by atoms with Crippen molar-refractivity contribution in [3.05, 3.63) is 102 Å². The molecule has 0 aromatic heterocycles. The fraction of sp³-hybridized carbons (Fsp3) is 0.217. The van der Waals surface area contributed by atoms with Gasteiger partial charge in [0.15, 0.2) is 15.5 Å². The summed E-state index contributed by atoms with van der Waals surface area (Å²) in [6, 6.07) is 23.9. The molecule has 0 bridgehead atoms. The number of hydrogen-bond acceptors (Lipinski definition) is 3. The maximum Gasteiger partial charge on any atom is 0.181 e. The molecule has 150 valence electrons. The van der Waals surface area contributed by atoms with Gasteiger partial charge in [-0.05, 0) is 35.4 Å². The predicted molar refractivity (Wildman–Crippen MR) is 109 cm³/mol. The van der Waals surface area contributed by atoms with Crippen LogP contribution in [0.5, 0.6) is 0 Å². The molecule has 3 aromatic rings. The first-order chi connectivity index (χ1) is 13.9. The van der Waals surface area contributed by atoms with Crippen LogP contribution in [0.4, 0.5) is 8.78 Å². The number of sulfone groups is 1. The van der Waals surface area contributed by atoms with Crippen molar-refractivity contribution in [1.29, 1.82) is 0 Å². The van der Waals surface area contributed by atoms with Crippen LogP contribution in [0.2, 0.25) is 0 Å². The lowest BCUT2D eigenvalue weighted by molar-refractivity contribution is -0.0334. The summed E-state index contributed by atoms with van der Waals surface area (Å²) in [5, 5.41) is 0. The van der Waals surface area contributed by atoms with Crippen molar-refractivity contribution in [2.75, 3.05) is 18.8 Å². The summed E-state index contributed by atoms with van der Waals surface area (Å²) in [4.78, 5) is 1.89. The van der Waals surface area contributed by atoms with E-state index < -0.39 is 27.1 Å². The van der Waals surface area contributed by atoms with Crippen molar-refractivity contribution >= 4 is 9.84 Å². The fourth-order valence-corrected chi connectivity index (χ4v) is 5.49. The molecule has 29 heavy (non-hydrogen) atoms. The van der Waals surface area contributed by atoms with Crippen molar-refractivity contribution < 1.29 is 17.2 Å². The van der Waals surface area contributed by atoms with Gasteiger partial charge in [-0.3, -0.25) is 4.90 Å². The van der Waals surface area contributed by atoms with E-state index in [9.17, 15) is 12.8 Å². The predicted octanol–water partition coefficient (Wildman–Crippen LogP) is 4.41. The topological polar surface area (TPSA) is 37.4 Å². The highest BCUT2D eigenvalue weighted by atomic mass is 32.2. The van der Waals surface area contributed by atoms with E-state index in [4.69, 9.17) is 0 Å². The molecule has 0 unspecified atom stereocenters. The molecule has 0 saturated carbocycles. The normalized spacial score (nSPS) is 16.5. The molecule has 0 radical (unpaired) electrons. The van der Waals surface area contributed by atoms with Crippen LogP contribution in [0.25, 0.3) is 0 Å².